The van der Waals surface area contributed by atoms with Crippen molar-refractivity contribution < 1.29 is 28.6 Å². The molecule has 0 aromatic heterocycles. The minimum atomic E-state index is -1.05. The third kappa shape index (κ3) is 4.46. The Balaban J connectivity index is 2.14. The van der Waals surface area contributed by atoms with Crippen LogP contribution in [0.2, 0.25) is 0 Å². The van der Waals surface area contributed by atoms with E-state index in [0.717, 1.165) is 5.56 Å². The van der Waals surface area contributed by atoms with Gasteiger partial charge in [-0.25, -0.2) is 4.39 Å². The number of likely N-dealkylation sites (tertiary alicyclic amines) is 1. The van der Waals surface area contributed by atoms with E-state index in [1.54, 1.807) is 24.3 Å². The quantitative estimate of drug-likeness (QED) is 0.411. The molecule has 1 amide bonds. The van der Waals surface area contributed by atoms with Crippen LogP contribution in [0.1, 0.15) is 36.6 Å². The van der Waals surface area contributed by atoms with Crippen LogP contribution in [0.3, 0.4) is 0 Å². The van der Waals surface area contributed by atoms with Crippen LogP contribution in [0.4, 0.5) is 4.39 Å². The van der Waals surface area contributed by atoms with Crippen LogP contribution in [0.15, 0.2) is 48.0 Å². The summed E-state index contributed by atoms with van der Waals surface area (Å²) in [6.07, 6.45) is -0.0229. The van der Waals surface area contributed by atoms with E-state index in [1.165, 1.54) is 30.2 Å². The molecule has 6 nitrogen and oxygen atoms in total. The minimum Gasteiger partial charge on any atom is -0.507 e. The van der Waals surface area contributed by atoms with Crippen molar-refractivity contribution in [2.24, 2.45) is 0 Å². The number of aliphatic hydroxyl groups is 1. The maximum Gasteiger partial charge on any atom is 0.295 e. The third-order valence-corrected chi connectivity index (χ3v) is 5.09. The number of carbonyl (C=O) groups is 2. The summed E-state index contributed by atoms with van der Waals surface area (Å²) in [6.45, 7) is 5.88. The van der Waals surface area contributed by atoms with Crippen molar-refractivity contribution >= 4 is 17.4 Å². The second kappa shape index (κ2) is 9.31. The predicted octanol–water partition coefficient (Wildman–Crippen LogP) is 3.99. The number of benzene rings is 2. The zero-order valence-electron chi connectivity index (χ0n) is 18.0. The number of ether oxygens (including phenoxy) is 2. The summed E-state index contributed by atoms with van der Waals surface area (Å²) < 4.78 is 25.4. The second-order valence-electron chi connectivity index (χ2n) is 7.65. The molecule has 0 radical (unpaired) electrons. The van der Waals surface area contributed by atoms with E-state index < -0.39 is 23.5 Å². The molecule has 3 rings (SSSR count). The van der Waals surface area contributed by atoms with Crippen molar-refractivity contribution in [3.8, 4) is 5.75 Å². The summed E-state index contributed by atoms with van der Waals surface area (Å²) >= 11 is 0. The molecule has 2 aromatic carbocycles. The fourth-order valence-electron chi connectivity index (χ4n) is 3.66. The van der Waals surface area contributed by atoms with Gasteiger partial charge in [-0.05, 0) is 50.6 Å². The van der Waals surface area contributed by atoms with Crippen molar-refractivity contribution in [3.05, 3.63) is 70.5 Å². The lowest BCUT2D eigenvalue weighted by Gasteiger charge is -2.25. The van der Waals surface area contributed by atoms with Gasteiger partial charge in [0, 0.05) is 24.8 Å². The molecule has 1 aliphatic rings. The van der Waals surface area contributed by atoms with Crippen LogP contribution in [0.25, 0.3) is 5.76 Å². The fraction of sp³-hybridized carbons (Fsp3) is 0.333. The van der Waals surface area contributed by atoms with Crippen molar-refractivity contribution in [2.45, 2.75) is 32.9 Å². The molecule has 0 spiro atoms. The number of rotatable bonds is 7. The number of carbonyl (C=O) groups excluding carboxylic acids is 2. The van der Waals surface area contributed by atoms with Crippen LogP contribution >= 0.6 is 0 Å². The molecule has 1 aliphatic heterocycles. The molecule has 31 heavy (non-hydrogen) atoms. The van der Waals surface area contributed by atoms with E-state index in [0.29, 0.717) is 11.3 Å². The highest BCUT2D eigenvalue weighted by Crippen LogP contribution is 2.40. The topological polar surface area (TPSA) is 76.1 Å². The van der Waals surface area contributed by atoms with Gasteiger partial charge in [-0.15, -0.1) is 0 Å². The molecule has 164 valence electrons. The number of Topliss-reactive ketones (excluding diaryl/α,β-unsaturated/α-hetero) is 1. The van der Waals surface area contributed by atoms with Crippen LogP contribution in [0.5, 0.6) is 5.75 Å². The average molecular weight is 427 g/mol. The highest BCUT2D eigenvalue weighted by Gasteiger charge is 2.46. The predicted molar refractivity (Wildman–Crippen MR) is 114 cm³/mol. The number of aliphatic hydroxyl groups excluding tert-OH is 1. The lowest BCUT2D eigenvalue weighted by atomic mass is 9.94. The van der Waals surface area contributed by atoms with E-state index in [4.69, 9.17) is 9.47 Å². The summed E-state index contributed by atoms with van der Waals surface area (Å²) in [7, 11) is 1.47. The van der Waals surface area contributed by atoms with Crippen LogP contribution in [-0.4, -0.2) is 48.1 Å². The van der Waals surface area contributed by atoms with Crippen molar-refractivity contribution in [2.75, 3.05) is 20.3 Å². The Kier molecular flexibility index (Phi) is 6.75. The summed E-state index contributed by atoms with van der Waals surface area (Å²) in [4.78, 5) is 26.9. The summed E-state index contributed by atoms with van der Waals surface area (Å²) in [5.74, 6) is -1.94. The van der Waals surface area contributed by atoms with Crippen LogP contribution < -0.4 is 4.74 Å². The first-order chi connectivity index (χ1) is 14.8. The minimum absolute atomic E-state index is 0.0229. The van der Waals surface area contributed by atoms with Gasteiger partial charge < -0.3 is 19.5 Å². The molecule has 0 bridgehead atoms. The third-order valence-electron chi connectivity index (χ3n) is 5.09. The van der Waals surface area contributed by atoms with Gasteiger partial charge in [0.2, 0.25) is 0 Å². The molecule has 7 heteroatoms. The summed E-state index contributed by atoms with van der Waals surface area (Å²) in [5, 5.41) is 11.1. The molecular weight excluding hydrogens is 401 g/mol. The molecule has 1 N–H and O–H groups in total. The number of amides is 1. The Morgan fingerprint density at radius 3 is 2.52 bits per heavy atom. The van der Waals surface area contributed by atoms with E-state index in [2.05, 4.69) is 0 Å². The Bertz CT molecular complexity index is 1030. The second-order valence-corrected chi connectivity index (χ2v) is 7.65. The molecule has 1 unspecified atom stereocenters. The fourth-order valence-corrected chi connectivity index (χ4v) is 3.66. The zero-order valence-corrected chi connectivity index (χ0v) is 18.0. The van der Waals surface area contributed by atoms with Crippen molar-refractivity contribution in [3.63, 3.8) is 0 Å². The van der Waals surface area contributed by atoms with Gasteiger partial charge in [0.25, 0.3) is 11.7 Å². The van der Waals surface area contributed by atoms with Gasteiger partial charge in [0.05, 0.1) is 24.3 Å². The van der Waals surface area contributed by atoms with Gasteiger partial charge in [-0.1, -0.05) is 18.2 Å². The SMILES string of the molecule is COCCN1C(=O)C(=O)/C(=C(/O)c2ccc(OC(C)C)c(C)c2)C1c1ccccc1F. The zero-order chi connectivity index (χ0) is 22.7. The van der Waals surface area contributed by atoms with Gasteiger partial charge in [-0.3, -0.25) is 9.59 Å². The Morgan fingerprint density at radius 2 is 1.90 bits per heavy atom. The number of hydrogen-bond donors (Lipinski definition) is 1. The summed E-state index contributed by atoms with van der Waals surface area (Å²) in [5.41, 5.74) is 1.09. The number of halogens is 1. The largest absolute Gasteiger partial charge is 0.507 e. The number of hydrogen-bond acceptors (Lipinski definition) is 5. The molecule has 1 fully saturated rings. The maximum atomic E-state index is 14.7. The first kappa shape index (κ1) is 22.5. The molecule has 0 aliphatic carbocycles. The highest BCUT2D eigenvalue weighted by molar-refractivity contribution is 6.46. The monoisotopic (exact) mass is 427 g/mol. The first-order valence-corrected chi connectivity index (χ1v) is 10.1. The van der Waals surface area contributed by atoms with E-state index in [1.807, 2.05) is 20.8 Å². The smallest absolute Gasteiger partial charge is 0.295 e. The lowest BCUT2D eigenvalue weighted by Crippen LogP contribution is -2.33. The van der Waals surface area contributed by atoms with E-state index in [-0.39, 0.29) is 36.2 Å². The first-order valence-electron chi connectivity index (χ1n) is 10.1. The molecule has 2 aromatic rings. The average Bonchev–Trinajstić information content (AvgIpc) is 2.97. The van der Waals surface area contributed by atoms with E-state index in [9.17, 15) is 19.1 Å². The van der Waals surface area contributed by atoms with Gasteiger partial charge in [0.15, 0.2) is 0 Å². The normalized spacial score (nSPS) is 18.1. The molecule has 0 saturated carbocycles. The van der Waals surface area contributed by atoms with Gasteiger partial charge in [-0.2, -0.15) is 0 Å². The molecule has 1 heterocycles. The number of aryl methyl sites for hydroxylation is 1. The Morgan fingerprint density at radius 1 is 1.19 bits per heavy atom. The number of nitrogens with zero attached hydrogens (tertiary/aromatic N) is 1. The molecule has 1 saturated heterocycles. The standard InChI is InChI=1S/C24H26FNO5/c1-14(2)31-19-10-9-16(13-15(19)3)22(27)20-21(17-7-5-6-8-18(17)25)26(11-12-30-4)24(29)23(20)28/h5-10,13-14,21,27H,11-12H2,1-4H3/b22-20+. The maximum absolute atomic E-state index is 14.7. The summed E-state index contributed by atoms with van der Waals surface area (Å²) in [6, 6.07) is 9.84. The number of ketones is 1. The van der Waals surface area contributed by atoms with Gasteiger partial charge in [0.1, 0.15) is 17.3 Å². The lowest BCUT2D eigenvalue weighted by molar-refractivity contribution is -0.140. The van der Waals surface area contributed by atoms with Crippen molar-refractivity contribution in [1.82, 2.24) is 4.90 Å². The van der Waals surface area contributed by atoms with Crippen LogP contribution in [0, 0.1) is 12.7 Å². The number of methoxy groups -OCH3 is 1. The van der Waals surface area contributed by atoms with Crippen LogP contribution in [-0.2, 0) is 14.3 Å². The van der Waals surface area contributed by atoms with Gasteiger partial charge >= 0.3 is 0 Å². The highest BCUT2D eigenvalue weighted by atomic mass is 19.1. The molecule has 1 atom stereocenters. The van der Waals surface area contributed by atoms with E-state index >= 15 is 0 Å². The van der Waals surface area contributed by atoms with Crippen molar-refractivity contribution in [1.29, 1.82) is 0 Å². The molecular formula is C24H26FNO5. The Labute approximate surface area is 180 Å². The Hall–Kier alpha value is -3.19.